The molecule has 0 saturated heterocycles. The van der Waals surface area contributed by atoms with Crippen LogP contribution in [0.1, 0.15) is 13.8 Å². The Morgan fingerprint density at radius 2 is 1.67 bits per heavy atom. The molecule has 0 heterocycles. The number of rotatable bonds is 3. The Bertz CT molecular complexity index is 291. The van der Waals surface area contributed by atoms with Gasteiger partial charge in [0.2, 0.25) is 5.60 Å². The largest absolute Gasteiger partial charge is 0.478 e. The summed E-state index contributed by atoms with van der Waals surface area (Å²) in [7, 11) is 0. The van der Waals surface area contributed by atoms with Gasteiger partial charge in [-0.3, -0.25) is 0 Å². The van der Waals surface area contributed by atoms with Gasteiger partial charge in [0.1, 0.15) is 0 Å². The van der Waals surface area contributed by atoms with Gasteiger partial charge in [0.05, 0.1) is 0 Å². The molecule has 0 fully saturated rings. The standard InChI is InChI=1S/C8H9F3O4/c1-7(2,8(9,10)11)15-6(14)4-3-5(12)13/h3-4H,1-2H3,(H,12,13). The van der Waals surface area contributed by atoms with Crippen molar-refractivity contribution in [3.8, 4) is 0 Å². The van der Waals surface area contributed by atoms with Crippen molar-refractivity contribution in [1.82, 2.24) is 0 Å². The number of hydrogen-bond donors (Lipinski definition) is 1. The van der Waals surface area contributed by atoms with Crippen LogP contribution < -0.4 is 0 Å². The second kappa shape index (κ2) is 4.33. The van der Waals surface area contributed by atoms with Crippen molar-refractivity contribution in [2.24, 2.45) is 0 Å². The summed E-state index contributed by atoms with van der Waals surface area (Å²) in [6, 6.07) is 0. The van der Waals surface area contributed by atoms with Gasteiger partial charge in [-0.25, -0.2) is 9.59 Å². The highest BCUT2D eigenvalue weighted by Crippen LogP contribution is 2.32. The Labute approximate surface area is 83.3 Å². The summed E-state index contributed by atoms with van der Waals surface area (Å²) in [5.41, 5.74) is -2.65. The normalized spacial score (nSPS) is 12.9. The van der Waals surface area contributed by atoms with Gasteiger partial charge in [-0.2, -0.15) is 13.2 Å². The van der Waals surface area contributed by atoms with E-state index in [-0.39, 0.29) is 0 Å². The first kappa shape index (κ1) is 13.5. The van der Waals surface area contributed by atoms with E-state index in [9.17, 15) is 22.8 Å². The van der Waals surface area contributed by atoms with Gasteiger partial charge in [-0.05, 0) is 13.8 Å². The highest BCUT2D eigenvalue weighted by atomic mass is 19.4. The number of alkyl halides is 3. The van der Waals surface area contributed by atoms with Crippen molar-refractivity contribution in [2.45, 2.75) is 25.6 Å². The molecule has 0 rings (SSSR count). The summed E-state index contributed by atoms with van der Waals surface area (Å²) >= 11 is 0. The summed E-state index contributed by atoms with van der Waals surface area (Å²) in [6.45, 7) is 1.33. The molecule has 4 nitrogen and oxygen atoms in total. The average Bonchev–Trinajstić information content (AvgIpc) is 1.97. The summed E-state index contributed by atoms with van der Waals surface area (Å²) < 4.78 is 40.6. The van der Waals surface area contributed by atoms with E-state index in [0.717, 1.165) is 0 Å². The second-order valence-corrected chi connectivity index (χ2v) is 3.10. The number of carbonyl (C=O) groups excluding carboxylic acids is 1. The van der Waals surface area contributed by atoms with E-state index in [1.807, 2.05) is 0 Å². The van der Waals surface area contributed by atoms with Crippen molar-refractivity contribution in [3.05, 3.63) is 12.2 Å². The Kier molecular flexibility index (Phi) is 3.89. The van der Waals surface area contributed by atoms with Gasteiger partial charge < -0.3 is 9.84 Å². The molecule has 1 N–H and O–H groups in total. The first-order valence-corrected chi connectivity index (χ1v) is 3.77. The minimum absolute atomic E-state index is 0.398. The van der Waals surface area contributed by atoms with Crippen molar-refractivity contribution < 1.29 is 32.6 Å². The fourth-order valence-corrected chi connectivity index (χ4v) is 0.483. The van der Waals surface area contributed by atoms with Crippen LogP contribution in [0.3, 0.4) is 0 Å². The number of aliphatic carboxylic acids is 1. The maximum Gasteiger partial charge on any atom is 0.427 e. The summed E-state index contributed by atoms with van der Waals surface area (Å²) in [5, 5.41) is 8.10. The van der Waals surface area contributed by atoms with E-state index in [4.69, 9.17) is 5.11 Å². The lowest BCUT2D eigenvalue weighted by Gasteiger charge is -2.26. The lowest BCUT2D eigenvalue weighted by Crippen LogP contribution is -2.43. The summed E-state index contributed by atoms with van der Waals surface area (Å²) in [5.74, 6) is -2.81. The van der Waals surface area contributed by atoms with Gasteiger partial charge >= 0.3 is 18.1 Å². The van der Waals surface area contributed by atoms with E-state index in [0.29, 0.717) is 26.0 Å². The van der Waals surface area contributed by atoms with Crippen LogP contribution in [0.15, 0.2) is 12.2 Å². The van der Waals surface area contributed by atoms with Crippen LogP contribution in [0.25, 0.3) is 0 Å². The predicted octanol–water partition coefficient (Wildman–Crippen LogP) is 1.51. The minimum atomic E-state index is -4.71. The fourth-order valence-electron chi connectivity index (χ4n) is 0.483. The monoisotopic (exact) mass is 226 g/mol. The Morgan fingerprint density at radius 3 is 2.00 bits per heavy atom. The molecule has 0 aliphatic rings. The maximum absolute atomic E-state index is 12.2. The zero-order chi connectivity index (χ0) is 12.3. The number of carboxylic acid groups (broad SMARTS) is 1. The lowest BCUT2D eigenvalue weighted by molar-refractivity contribution is -0.255. The zero-order valence-corrected chi connectivity index (χ0v) is 7.96. The zero-order valence-electron chi connectivity index (χ0n) is 7.96. The van der Waals surface area contributed by atoms with Crippen LogP contribution >= 0.6 is 0 Å². The number of carbonyl (C=O) groups is 2. The van der Waals surface area contributed by atoms with Gasteiger partial charge in [0.15, 0.2) is 0 Å². The van der Waals surface area contributed by atoms with Crippen LogP contribution in [0, 0.1) is 0 Å². The van der Waals surface area contributed by atoms with Gasteiger partial charge in [0.25, 0.3) is 0 Å². The highest BCUT2D eigenvalue weighted by molar-refractivity contribution is 5.90. The van der Waals surface area contributed by atoms with Crippen LogP contribution in [-0.2, 0) is 14.3 Å². The van der Waals surface area contributed by atoms with Gasteiger partial charge in [-0.15, -0.1) is 0 Å². The lowest BCUT2D eigenvalue weighted by atomic mass is 10.1. The smallest absolute Gasteiger partial charge is 0.427 e. The van der Waals surface area contributed by atoms with Crippen molar-refractivity contribution >= 4 is 11.9 Å². The van der Waals surface area contributed by atoms with Crippen molar-refractivity contribution in [2.75, 3.05) is 0 Å². The molecule has 0 saturated carbocycles. The van der Waals surface area contributed by atoms with Crippen molar-refractivity contribution in [1.29, 1.82) is 0 Å². The molecular formula is C8H9F3O4. The third-order valence-corrected chi connectivity index (χ3v) is 1.40. The topological polar surface area (TPSA) is 63.6 Å². The second-order valence-electron chi connectivity index (χ2n) is 3.10. The Balaban J connectivity index is 4.49. The molecule has 7 heteroatoms. The molecule has 0 aliphatic heterocycles. The number of ether oxygens (including phenoxy) is 1. The summed E-state index contributed by atoms with van der Waals surface area (Å²) in [4.78, 5) is 20.7. The summed E-state index contributed by atoms with van der Waals surface area (Å²) in [6.07, 6.45) is -3.90. The van der Waals surface area contributed by atoms with Crippen LogP contribution in [-0.4, -0.2) is 28.8 Å². The molecule has 0 amide bonds. The quantitative estimate of drug-likeness (QED) is 0.585. The van der Waals surface area contributed by atoms with E-state index in [1.54, 1.807) is 0 Å². The molecule has 15 heavy (non-hydrogen) atoms. The van der Waals surface area contributed by atoms with E-state index in [2.05, 4.69) is 4.74 Å². The minimum Gasteiger partial charge on any atom is -0.478 e. The molecule has 0 unspecified atom stereocenters. The number of carboxylic acids is 1. The highest BCUT2D eigenvalue weighted by Gasteiger charge is 2.50. The van der Waals surface area contributed by atoms with Gasteiger partial charge in [-0.1, -0.05) is 0 Å². The van der Waals surface area contributed by atoms with Crippen LogP contribution in [0.5, 0.6) is 0 Å². The van der Waals surface area contributed by atoms with Crippen LogP contribution in [0.2, 0.25) is 0 Å². The third-order valence-electron chi connectivity index (χ3n) is 1.40. The molecule has 0 aliphatic carbocycles. The molecule has 0 spiro atoms. The molecule has 0 radical (unpaired) electrons. The molecule has 0 aromatic heterocycles. The number of halogens is 3. The van der Waals surface area contributed by atoms with E-state index < -0.39 is 23.7 Å². The first-order valence-electron chi connectivity index (χ1n) is 3.77. The molecule has 0 aromatic rings. The number of esters is 1. The molecule has 0 bridgehead atoms. The van der Waals surface area contributed by atoms with Crippen LogP contribution in [0.4, 0.5) is 13.2 Å². The third kappa shape index (κ3) is 4.48. The molecular weight excluding hydrogens is 217 g/mol. The molecule has 0 aromatic carbocycles. The van der Waals surface area contributed by atoms with Gasteiger partial charge in [0, 0.05) is 12.2 Å². The predicted molar refractivity (Wildman–Crippen MR) is 43.0 cm³/mol. The molecule has 0 atom stereocenters. The fraction of sp³-hybridized carbons (Fsp3) is 0.500. The van der Waals surface area contributed by atoms with E-state index >= 15 is 0 Å². The Hall–Kier alpha value is -1.53. The SMILES string of the molecule is CC(C)(OC(=O)C=CC(=O)O)C(F)(F)F. The van der Waals surface area contributed by atoms with E-state index in [1.165, 1.54) is 0 Å². The number of hydrogen-bond acceptors (Lipinski definition) is 3. The molecule has 86 valence electrons. The average molecular weight is 226 g/mol. The maximum atomic E-state index is 12.2. The first-order chi connectivity index (χ1) is 6.56. The Morgan fingerprint density at radius 1 is 1.20 bits per heavy atom. The van der Waals surface area contributed by atoms with Crippen molar-refractivity contribution in [3.63, 3.8) is 0 Å².